The van der Waals surface area contributed by atoms with E-state index in [0.717, 1.165) is 25.2 Å². The number of carbonyl (C=O) groups is 1. The molecule has 0 N–H and O–H groups in total. The van der Waals surface area contributed by atoms with E-state index in [1.165, 1.54) is 20.0 Å². The maximum absolute atomic E-state index is 11.6. The summed E-state index contributed by atoms with van der Waals surface area (Å²) >= 11 is 0. The molecule has 0 amide bonds. The number of ether oxygens (including phenoxy) is 1. The van der Waals surface area contributed by atoms with Gasteiger partial charge in [0.15, 0.2) is 5.82 Å². The van der Waals surface area contributed by atoms with Gasteiger partial charge in [-0.15, -0.1) is 0 Å². The minimum Gasteiger partial charge on any atom is -0.469 e. The molecule has 6 heteroatoms. The van der Waals surface area contributed by atoms with E-state index in [0.29, 0.717) is 24.9 Å². The smallest absolute Gasteiger partial charge is 0.309 e. The summed E-state index contributed by atoms with van der Waals surface area (Å²) in [5, 5.41) is 4.01. The Balaban J connectivity index is 1.57. The first kappa shape index (κ1) is 12.6. The number of carbonyl (C=O) groups excluding carboxylic acids is 1. The Morgan fingerprint density at radius 3 is 3.05 bits per heavy atom. The molecule has 0 bridgehead atoms. The van der Waals surface area contributed by atoms with Crippen molar-refractivity contribution in [3.63, 3.8) is 0 Å². The van der Waals surface area contributed by atoms with E-state index in [1.807, 2.05) is 0 Å². The number of methoxy groups -OCH3 is 1. The van der Waals surface area contributed by atoms with Crippen molar-refractivity contribution in [3.05, 3.63) is 11.7 Å². The van der Waals surface area contributed by atoms with Crippen LogP contribution in [-0.4, -0.2) is 41.2 Å². The van der Waals surface area contributed by atoms with Crippen molar-refractivity contribution in [2.45, 2.75) is 38.1 Å². The van der Waals surface area contributed by atoms with Gasteiger partial charge in [-0.2, -0.15) is 4.98 Å². The Morgan fingerprint density at radius 2 is 2.32 bits per heavy atom. The summed E-state index contributed by atoms with van der Waals surface area (Å²) < 4.78 is 10.1. The highest BCUT2D eigenvalue weighted by Crippen LogP contribution is 2.38. The molecule has 2 heterocycles. The fourth-order valence-corrected chi connectivity index (χ4v) is 2.59. The summed E-state index contributed by atoms with van der Waals surface area (Å²) in [7, 11) is 1.45. The molecule has 19 heavy (non-hydrogen) atoms. The van der Waals surface area contributed by atoms with Gasteiger partial charge in [0.25, 0.3) is 0 Å². The Labute approximate surface area is 112 Å². The molecule has 1 aliphatic heterocycles. The van der Waals surface area contributed by atoms with Gasteiger partial charge >= 0.3 is 5.97 Å². The van der Waals surface area contributed by atoms with Crippen molar-refractivity contribution in [2.24, 2.45) is 5.92 Å². The van der Waals surface area contributed by atoms with Crippen LogP contribution in [0, 0.1) is 5.92 Å². The molecule has 3 rings (SSSR count). The molecule has 1 atom stereocenters. The molecule has 1 aromatic rings. The highest BCUT2D eigenvalue weighted by atomic mass is 16.5. The molecule has 1 aliphatic carbocycles. The molecule has 0 radical (unpaired) electrons. The predicted octanol–water partition coefficient (Wildman–Crippen LogP) is 1.33. The van der Waals surface area contributed by atoms with Crippen molar-refractivity contribution in [3.8, 4) is 0 Å². The van der Waals surface area contributed by atoms with Gasteiger partial charge in [-0.25, -0.2) is 0 Å². The van der Waals surface area contributed by atoms with Gasteiger partial charge in [0.2, 0.25) is 5.89 Å². The largest absolute Gasteiger partial charge is 0.469 e. The molecule has 2 aliphatic rings. The second kappa shape index (κ2) is 5.28. The van der Waals surface area contributed by atoms with Crippen LogP contribution in [0.5, 0.6) is 0 Å². The molecular weight excluding hydrogens is 246 g/mol. The summed E-state index contributed by atoms with van der Waals surface area (Å²) in [4.78, 5) is 18.2. The third kappa shape index (κ3) is 2.94. The summed E-state index contributed by atoms with van der Waals surface area (Å²) in [5.74, 6) is 1.88. The standard InChI is InChI=1S/C13H19N3O3/c1-18-13(17)10-3-2-6-16(7-10)8-11-14-12(15-19-11)9-4-5-9/h9-10H,2-8H2,1H3. The van der Waals surface area contributed by atoms with E-state index in [4.69, 9.17) is 9.26 Å². The van der Waals surface area contributed by atoms with Crippen LogP contribution in [-0.2, 0) is 16.1 Å². The van der Waals surface area contributed by atoms with E-state index in [-0.39, 0.29) is 11.9 Å². The first-order chi connectivity index (χ1) is 9.26. The zero-order valence-electron chi connectivity index (χ0n) is 11.2. The third-order valence-electron chi connectivity index (χ3n) is 3.83. The molecule has 104 valence electrons. The zero-order chi connectivity index (χ0) is 13.2. The molecule has 2 fully saturated rings. The van der Waals surface area contributed by atoms with E-state index in [1.54, 1.807) is 0 Å². The van der Waals surface area contributed by atoms with Crippen molar-refractivity contribution < 1.29 is 14.1 Å². The summed E-state index contributed by atoms with van der Waals surface area (Å²) in [5.41, 5.74) is 0. The fraction of sp³-hybridized carbons (Fsp3) is 0.769. The molecular formula is C13H19N3O3. The molecule has 1 aromatic heterocycles. The lowest BCUT2D eigenvalue weighted by molar-refractivity contribution is -0.147. The average Bonchev–Trinajstić information content (AvgIpc) is 3.19. The molecule has 1 saturated carbocycles. The predicted molar refractivity (Wildman–Crippen MR) is 66.3 cm³/mol. The van der Waals surface area contributed by atoms with E-state index < -0.39 is 0 Å². The van der Waals surface area contributed by atoms with Crippen molar-refractivity contribution in [1.82, 2.24) is 15.0 Å². The van der Waals surface area contributed by atoms with E-state index in [2.05, 4.69) is 15.0 Å². The van der Waals surface area contributed by atoms with Gasteiger partial charge in [0, 0.05) is 12.5 Å². The molecule has 1 saturated heterocycles. The SMILES string of the molecule is COC(=O)C1CCCN(Cc2nc(C3CC3)no2)C1. The van der Waals surface area contributed by atoms with Crippen LogP contribution < -0.4 is 0 Å². The number of esters is 1. The van der Waals surface area contributed by atoms with Gasteiger partial charge in [-0.3, -0.25) is 9.69 Å². The molecule has 1 unspecified atom stereocenters. The molecule has 0 spiro atoms. The average molecular weight is 265 g/mol. The van der Waals surface area contributed by atoms with Crippen molar-refractivity contribution in [2.75, 3.05) is 20.2 Å². The maximum atomic E-state index is 11.6. The normalized spacial score (nSPS) is 24.4. The minimum atomic E-state index is -0.117. The van der Waals surface area contributed by atoms with E-state index in [9.17, 15) is 4.79 Å². The quantitative estimate of drug-likeness (QED) is 0.765. The second-order valence-electron chi connectivity index (χ2n) is 5.42. The van der Waals surface area contributed by atoms with Crippen LogP contribution in [0.1, 0.15) is 43.3 Å². The van der Waals surface area contributed by atoms with Crippen molar-refractivity contribution >= 4 is 5.97 Å². The monoisotopic (exact) mass is 265 g/mol. The topological polar surface area (TPSA) is 68.5 Å². The Bertz CT molecular complexity index is 456. The fourth-order valence-electron chi connectivity index (χ4n) is 2.59. The Morgan fingerprint density at radius 1 is 1.47 bits per heavy atom. The summed E-state index contributed by atoms with van der Waals surface area (Å²) in [6.07, 6.45) is 4.25. The number of piperidine rings is 1. The van der Waals surface area contributed by atoms with Gasteiger partial charge in [-0.05, 0) is 32.2 Å². The first-order valence-electron chi connectivity index (χ1n) is 6.89. The van der Waals surface area contributed by atoms with Gasteiger partial charge in [0.05, 0.1) is 19.6 Å². The number of hydrogen-bond donors (Lipinski definition) is 0. The summed E-state index contributed by atoms with van der Waals surface area (Å²) in [6, 6.07) is 0. The van der Waals surface area contributed by atoms with Crippen molar-refractivity contribution in [1.29, 1.82) is 0 Å². The van der Waals surface area contributed by atoms with Crippen LogP contribution >= 0.6 is 0 Å². The third-order valence-corrected chi connectivity index (χ3v) is 3.83. The maximum Gasteiger partial charge on any atom is 0.309 e. The lowest BCUT2D eigenvalue weighted by atomic mass is 9.98. The summed E-state index contributed by atoms with van der Waals surface area (Å²) in [6.45, 7) is 2.32. The number of aromatic nitrogens is 2. The number of hydrogen-bond acceptors (Lipinski definition) is 6. The molecule has 6 nitrogen and oxygen atoms in total. The lowest BCUT2D eigenvalue weighted by Gasteiger charge is -2.29. The number of nitrogens with zero attached hydrogens (tertiary/aromatic N) is 3. The van der Waals surface area contributed by atoms with E-state index >= 15 is 0 Å². The van der Waals surface area contributed by atoms with Crippen LogP contribution in [0.3, 0.4) is 0 Å². The highest BCUT2D eigenvalue weighted by molar-refractivity contribution is 5.72. The number of rotatable bonds is 4. The molecule has 0 aromatic carbocycles. The van der Waals surface area contributed by atoms with Gasteiger partial charge in [0.1, 0.15) is 0 Å². The Hall–Kier alpha value is -1.43. The van der Waals surface area contributed by atoms with Crippen LogP contribution in [0.15, 0.2) is 4.52 Å². The highest BCUT2D eigenvalue weighted by Gasteiger charge is 2.30. The van der Waals surface area contributed by atoms with Crippen LogP contribution in [0.25, 0.3) is 0 Å². The van der Waals surface area contributed by atoms with Crippen LogP contribution in [0.4, 0.5) is 0 Å². The first-order valence-corrected chi connectivity index (χ1v) is 6.89. The van der Waals surface area contributed by atoms with Gasteiger partial charge < -0.3 is 9.26 Å². The van der Waals surface area contributed by atoms with Gasteiger partial charge in [-0.1, -0.05) is 5.16 Å². The number of likely N-dealkylation sites (tertiary alicyclic amines) is 1. The zero-order valence-corrected chi connectivity index (χ0v) is 11.2. The second-order valence-corrected chi connectivity index (χ2v) is 5.42. The minimum absolute atomic E-state index is 0.0235. The lowest BCUT2D eigenvalue weighted by Crippen LogP contribution is -2.38. The Kier molecular flexibility index (Phi) is 3.50. The van der Waals surface area contributed by atoms with Crippen LogP contribution in [0.2, 0.25) is 0 Å².